The van der Waals surface area contributed by atoms with Crippen LogP contribution in [0.15, 0.2) is 49.1 Å². The molecule has 2 amide bonds. The molecule has 1 aromatic carbocycles. The zero-order chi connectivity index (χ0) is 26.9. The molecule has 0 fully saturated rings. The standard InChI is InChI=1S/C27H36N8O3/c1-19(2)13-23-26(37)30-8-11-35-10-7-29-25(35)21-5-3-6-22(14-21)38-12-4-9-34(18-24(36)33-23)17-20-15-31-27(28)32-16-20/h3,5-7,10,14-16,19,23H,4,8-9,11-13,17-18H2,1-2H3,(H,30,37)(H,33,36)(H2,28,31,32)/t23-/m1/s1. The number of anilines is 1. The van der Waals surface area contributed by atoms with Gasteiger partial charge in [-0.25, -0.2) is 15.0 Å². The second kappa shape index (κ2) is 13.0. The first kappa shape index (κ1) is 27.1. The molecule has 3 aromatic rings. The third-order valence-corrected chi connectivity index (χ3v) is 6.20. The largest absolute Gasteiger partial charge is 0.494 e. The number of amides is 2. The van der Waals surface area contributed by atoms with Crippen LogP contribution >= 0.6 is 0 Å². The van der Waals surface area contributed by atoms with Gasteiger partial charge in [-0.1, -0.05) is 26.0 Å². The molecule has 2 bridgehead atoms. The van der Waals surface area contributed by atoms with E-state index in [1.165, 1.54) is 0 Å². The number of carbonyl (C=O) groups is 2. The Morgan fingerprint density at radius 2 is 1.97 bits per heavy atom. The number of carbonyl (C=O) groups excluding carboxylic acids is 2. The fourth-order valence-electron chi connectivity index (χ4n) is 4.44. The maximum absolute atomic E-state index is 13.1. The van der Waals surface area contributed by atoms with Crippen molar-refractivity contribution in [1.29, 1.82) is 0 Å². The van der Waals surface area contributed by atoms with E-state index >= 15 is 0 Å². The van der Waals surface area contributed by atoms with E-state index in [1.807, 2.05) is 53.8 Å². The Morgan fingerprint density at radius 1 is 1.16 bits per heavy atom. The van der Waals surface area contributed by atoms with Gasteiger partial charge in [0.2, 0.25) is 17.8 Å². The Morgan fingerprint density at radius 3 is 2.76 bits per heavy atom. The van der Waals surface area contributed by atoms with Crippen molar-refractivity contribution >= 4 is 17.8 Å². The smallest absolute Gasteiger partial charge is 0.242 e. The van der Waals surface area contributed by atoms with Crippen molar-refractivity contribution in [3.05, 3.63) is 54.6 Å². The number of imidazole rings is 1. The molecule has 202 valence electrons. The molecule has 0 aliphatic carbocycles. The quantitative estimate of drug-likeness (QED) is 0.474. The molecule has 38 heavy (non-hydrogen) atoms. The third kappa shape index (κ3) is 7.75. The highest BCUT2D eigenvalue weighted by molar-refractivity contribution is 5.88. The monoisotopic (exact) mass is 520 g/mol. The molecule has 1 atom stereocenters. The first-order valence-electron chi connectivity index (χ1n) is 13.0. The summed E-state index contributed by atoms with van der Waals surface area (Å²) in [7, 11) is 0. The van der Waals surface area contributed by atoms with Crippen LogP contribution in [0.1, 0.15) is 32.3 Å². The highest BCUT2D eigenvalue weighted by Crippen LogP contribution is 2.23. The second-order valence-electron chi connectivity index (χ2n) is 9.87. The number of nitrogens with one attached hydrogen (secondary N) is 2. The molecule has 0 saturated heterocycles. The molecule has 2 aromatic heterocycles. The van der Waals surface area contributed by atoms with E-state index < -0.39 is 6.04 Å². The van der Waals surface area contributed by atoms with E-state index in [9.17, 15) is 9.59 Å². The molecule has 1 aliphatic rings. The van der Waals surface area contributed by atoms with Crippen LogP contribution in [0, 0.1) is 5.92 Å². The third-order valence-electron chi connectivity index (χ3n) is 6.20. The van der Waals surface area contributed by atoms with E-state index in [0.717, 1.165) is 22.7 Å². The summed E-state index contributed by atoms with van der Waals surface area (Å²) in [5.74, 6) is 1.58. The minimum absolute atomic E-state index is 0.125. The number of rotatable bonds is 4. The Hall–Kier alpha value is -3.99. The second-order valence-corrected chi connectivity index (χ2v) is 9.87. The number of hydrogen-bond donors (Lipinski definition) is 3. The number of nitrogens with two attached hydrogens (primary N) is 1. The SMILES string of the molecule is CC(C)C[C@H]1NC(=O)CN(Cc2cnc(N)nc2)CCCOc2cccc(c2)-c2nccn2CCNC1=O. The lowest BCUT2D eigenvalue weighted by Crippen LogP contribution is -2.50. The summed E-state index contributed by atoms with van der Waals surface area (Å²) >= 11 is 0. The van der Waals surface area contributed by atoms with Crippen molar-refractivity contribution in [3.8, 4) is 17.1 Å². The van der Waals surface area contributed by atoms with Gasteiger partial charge in [0.1, 0.15) is 17.6 Å². The summed E-state index contributed by atoms with van der Waals surface area (Å²) < 4.78 is 8.03. The molecule has 4 rings (SSSR count). The maximum Gasteiger partial charge on any atom is 0.242 e. The molecular formula is C27H36N8O3. The number of hydrogen-bond acceptors (Lipinski definition) is 8. The van der Waals surface area contributed by atoms with E-state index in [1.54, 1.807) is 18.6 Å². The van der Waals surface area contributed by atoms with Crippen LogP contribution in [-0.2, 0) is 22.7 Å². The van der Waals surface area contributed by atoms with Crippen LogP contribution in [-0.4, -0.2) is 68.5 Å². The normalized spacial score (nSPS) is 18.0. The highest BCUT2D eigenvalue weighted by atomic mass is 16.5. The Bertz CT molecular complexity index is 1210. The van der Waals surface area contributed by atoms with Crippen LogP contribution in [0.3, 0.4) is 0 Å². The van der Waals surface area contributed by atoms with Gasteiger partial charge in [-0.3, -0.25) is 14.5 Å². The molecule has 3 heterocycles. The Balaban J connectivity index is 1.55. The molecule has 0 saturated carbocycles. The maximum atomic E-state index is 13.1. The molecule has 1 aliphatic heterocycles. The van der Waals surface area contributed by atoms with Gasteiger partial charge in [-0.05, 0) is 30.9 Å². The van der Waals surface area contributed by atoms with Crippen molar-refractivity contribution in [1.82, 2.24) is 35.1 Å². The van der Waals surface area contributed by atoms with Crippen LogP contribution < -0.4 is 21.1 Å². The van der Waals surface area contributed by atoms with Gasteiger partial charge < -0.3 is 25.7 Å². The van der Waals surface area contributed by atoms with E-state index in [4.69, 9.17) is 10.5 Å². The van der Waals surface area contributed by atoms with E-state index in [-0.39, 0.29) is 30.2 Å². The van der Waals surface area contributed by atoms with E-state index in [0.29, 0.717) is 45.6 Å². The Kier molecular flexibility index (Phi) is 9.26. The van der Waals surface area contributed by atoms with Crippen LogP contribution in [0.5, 0.6) is 5.75 Å². The fourth-order valence-corrected chi connectivity index (χ4v) is 4.44. The van der Waals surface area contributed by atoms with Crippen molar-refractivity contribution in [3.63, 3.8) is 0 Å². The van der Waals surface area contributed by atoms with Gasteiger partial charge in [-0.15, -0.1) is 0 Å². The van der Waals surface area contributed by atoms with Gasteiger partial charge in [0.15, 0.2) is 0 Å². The lowest BCUT2D eigenvalue weighted by Gasteiger charge is -2.25. The minimum Gasteiger partial charge on any atom is -0.494 e. The van der Waals surface area contributed by atoms with Gasteiger partial charge in [0, 0.05) is 62.1 Å². The van der Waals surface area contributed by atoms with Crippen molar-refractivity contribution in [2.75, 3.05) is 32.0 Å². The fraction of sp³-hybridized carbons (Fsp3) is 0.444. The topological polar surface area (TPSA) is 140 Å². The first-order valence-corrected chi connectivity index (χ1v) is 13.0. The highest BCUT2D eigenvalue weighted by Gasteiger charge is 2.23. The number of nitrogens with zero attached hydrogens (tertiary/aromatic N) is 5. The molecular weight excluding hydrogens is 484 g/mol. The molecule has 0 spiro atoms. The average molecular weight is 521 g/mol. The number of nitrogen functional groups attached to an aromatic ring is 1. The van der Waals surface area contributed by atoms with Gasteiger partial charge in [0.25, 0.3) is 0 Å². The molecule has 11 nitrogen and oxygen atoms in total. The van der Waals surface area contributed by atoms with Crippen LogP contribution in [0.2, 0.25) is 0 Å². The van der Waals surface area contributed by atoms with Gasteiger partial charge >= 0.3 is 0 Å². The number of benzene rings is 1. The van der Waals surface area contributed by atoms with Crippen molar-refractivity contribution in [2.45, 2.75) is 45.8 Å². The molecule has 0 unspecified atom stereocenters. The summed E-state index contributed by atoms with van der Waals surface area (Å²) in [6, 6.07) is 7.20. The Labute approximate surface area is 222 Å². The number of fused-ring (bicyclic) bond motifs is 4. The van der Waals surface area contributed by atoms with Gasteiger partial charge in [0.05, 0.1) is 13.2 Å². The van der Waals surface area contributed by atoms with Crippen molar-refractivity contribution in [2.24, 2.45) is 5.92 Å². The lowest BCUT2D eigenvalue weighted by molar-refractivity contribution is -0.130. The van der Waals surface area contributed by atoms with Crippen LogP contribution in [0.4, 0.5) is 5.95 Å². The minimum atomic E-state index is -0.620. The number of ether oxygens (including phenoxy) is 1. The predicted octanol–water partition coefficient (Wildman–Crippen LogP) is 1.85. The van der Waals surface area contributed by atoms with Crippen molar-refractivity contribution < 1.29 is 14.3 Å². The van der Waals surface area contributed by atoms with Gasteiger partial charge in [-0.2, -0.15) is 0 Å². The summed E-state index contributed by atoms with van der Waals surface area (Å²) in [6.45, 7) is 6.69. The summed E-state index contributed by atoms with van der Waals surface area (Å²) in [6.07, 6.45) is 8.19. The zero-order valence-electron chi connectivity index (χ0n) is 22.0. The lowest BCUT2D eigenvalue weighted by atomic mass is 10.0. The summed E-state index contributed by atoms with van der Waals surface area (Å²) in [5.41, 5.74) is 7.41. The zero-order valence-corrected chi connectivity index (χ0v) is 22.0. The van der Waals surface area contributed by atoms with E-state index in [2.05, 4.69) is 25.6 Å². The summed E-state index contributed by atoms with van der Waals surface area (Å²) in [5, 5.41) is 5.94. The molecule has 0 radical (unpaired) electrons. The molecule has 4 N–H and O–H groups in total. The average Bonchev–Trinajstić information content (AvgIpc) is 3.35. The van der Waals surface area contributed by atoms with Crippen LogP contribution in [0.25, 0.3) is 11.4 Å². The molecule has 11 heteroatoms. The summed E-state index contributed by atoms with van der Waals surface area (Å²) in [4.78, 5) is 40.8. The number of aromatic nitrogens is 4. The predicted molar refractivity (Wildman–Crippen MR) is 144 cm³/mol. The first-order chi connectivity index (χ1) is 18.4.